The van der Waals surface area contributed by atoms with Crippen LogP contribution in [0.1, 0.15) is 40.2 Å². The lowest BCUT2D eigenvalue weighted by Gasteiger charge is -2.26. The van der Waals surface area contributed by atoms with Crippen molar-refractivity contribution in [1.29, 1.82) is 0 Å². The average Bonchev–Trinajstić information content (AvgIpc) is 2.24. The lowest BCUT2D eigenvalue weighted by atomic mass is 9.86. The van der Waals surface area contributed by atoms with Gasteiger partial charge in [0.2, 0.25) is 0 Å². The van der Waals surface area contributed by atoms with Crippen LogP contribution in [-0.2, 0) is 11.2 Å². The molecule has 0 heterocycles. The van der Waals surface area contributed by atoms with Crippen LogP contribution in [-0.4, -0.2) is 18.2 Å². The van der Waals surface area contributed by atoms with Gasteiger partial charge in [-0.2, -0.15) is 0 Å². The number of carbonyl (C=O) groups is 1. The number of hydrogen-bond donors (Lipinski definition) is 2. The normalized spacial score (nSPS) is 12.1. The molecule has 1 aromatic carbocycles. The van der Waals surface area contributed by atoms with E-state index in [2.05, 4.69) is 52.8 Å². The Morgan fingerprint density at radius 3 is 2.48 bits per heavy atom. The van der Waals surface area contributed by atoms with Gasteiger partial charge >= 0.3 is 6.09 Å². The Bertz CT molecular complexity index is 481. The number of hydrazine groups is 1. The molecule has 0 aliphatic heterocycles. The van der Waals surface area contributed by atoms with Crippen LogP contribution in [0.25, 0.3) is 0 Å². The first kappa shape index (κ1) is 18.0. The summed E-state index contributed by atoms with van der Waals surface area (Å²) in [6, 6.07) is 8.26. The summed E-state index contributed by atoms with van der Waals surface area (Å²) in [4.78, 5) is 11.5. The van der Waals surface area contributed by atoms with Crippen LogP contribution in [0.4, 0.5) is 4.79 Å². The zero-order valence-electron chi connectivity index (χ0n) is 13.4. The van der Waals surface area contributed by atoms with Gasteiger partial charge in [-0.15, -0.1) is 0 Å². The van der Waals surface area contributed by atoms with Crippen molar-refractivity contribution in [3.8, 4) is 0 Å². The zero-order valence-corrected chi connectivity index (χ0v) is 15.0. The van der Waals surface area contributed by atoms with Crippen molar-refractivity contribution in [3.05, 3.63) is 34.3 Å². The summed E-state index contributed by atoms with van der Waals surface area (Å²) in [5.74, 6) is 0. The predicted molar refractivity (Wildman–Crippen MR) is 89.0 cm³/mol. The molecule has 0 aliphatic rings. The van der Waals surface area contributed by atoms with Gasteiger partial charge in [-0.05, 0) is 50.3 Å². The minimum atomic E-state index is -0.488. The molecule has 0 saturated carbocycles. The third-order valence-electron chi connectivity index (χ3n) is 2.73. The van der Waals surface area contributed by atoms with Gasteiger partial charge in [0.1, 0.15) is 5.60 Å². The second-order valence-corrected chi connectivity index (χ2v) is 7.87. The zero-order chi connectivity index (χ0) is 16.1. The Morgan fingerprint density at radius 2 is 1.90 bits per heavy atom. The van der Waals surface area contributed by atoms with Crippen molar-refractivity contribution in [1.82, 2.24) is 10.9 Å². The standard InChI is InChI=1S/C16H25BrN2O2/c1-15(2,3)21-14(20)19-18-11-16(4,5)10-12-7-6-8-13(17)9-12/h6-9,18H,10-11H2,1-5H3,(H,19,20). The van der Waals surface area contributed by atoms with E-state index in [0.29, 0.717) is 6.54 Å². The fourth-order valence-electron chi connectivity index (χ4n) is 1.92. The van der Waals surface area contributed by atoms with Crippen molar-refractivity contribution < 1.29 is 9.53 Å². The number of benzene rings is 1. The van der Waals surface area contributed by atoms with Gasteiger partial charge in [0.05, 0.1) is 0 Å². The molecule has 1 amide bonds. The first-order valence-electron chi connectivity index (χ1n) is 7.04. The molecular weight excluding hydrogens is 332 g/mol. The maximum absolute atomic E-state index is 11.5. The summed E-state index contributed by atoms with van der Waals surface area (Å²) < 4.78 is 6.25. The van der Waals surface area contributed by atoms with Gasteiger partial charge in [-0.3, -0.25) is 5.43 Å². The van der Waals surface area contributed by atoms with Crippen LogP contribution in [0.3, 0.4) is 0 Å². The second-order valence-electron chi connectivity index (χ2n) is 6.95. The van der Waals surface area contributed by atoms with Gasteiger partial charge in [0.15, 0.2) is 0 Å². The van der Waals surface area contributed by atoms with Gasteiger partial charge in [-0.25, -0.2) is 10.2 Å². The summed E-state index contributed by atoms with van der Waals surface area (Å²) in [6.45, 7) is 10.5. The molecule has 0 atom stereocenters. The number of carbonyl (C=O) groups excluding carboxylic acids is 1. The predicted octanol–water partition coefficient (Wildman–Crippen LogP) is 4.05. The van der Waals surface area contributed by atoms with E-state index in [4.69, 9.17) is 4.74 Å². The number of hydrogen-bond acceptors (Lipinski definition) is 3. The number of ether oxygens (including phenoxy) is 1. The van der Waals surface area contributed by atoms with Gasteiger partial charge < -0.3 is 4.74 Å². The smallest absolute Gasteiger partial charge is 0.422 e. The van der Waals surface area contributed by atoms with Gasteiger partial charge in [0, 0.05) is 11.0 Å². The van der Waals surface area contributed by atoms with Crippen LogP contribution >= 0.6 is 15.9 Å². The Morgan fingerprint density at radius 1 is 1.24 bits per heavy atom. The molecular formula is C16H25BrN2O2. The third kappa shape index (κ3) is 8.07. The van der Waals surface area contributed by atoms with Crippen molar-refractivity contribution >= 4 is 22.0 Å². The van der Waals surface area contributed by atoms with Crippen LogP contribution in [0.15, 0.2) is 28.7 Å². The van der Waals surface area contributed by atoms with E-state index in [9.17, 15) is 4.79 Å². The largest absolute Gasteiger partial charge is 0.443 e. The van der Waals surface area contributed by atoms with Crippen LogP contribution in [0.2, 0.25) is 0 Å². The molecule has 0 radical (unpaired) electrons. The molecule has 0 spiro atoms. The lowest BCUT2D eigenvalue weighted by molar-refractivity contribution is 0.0490. The maximum atomic E-state index is 11.5. The number of rotatable bonds is 5. The summed E-state index contributed by atoms with van der Waals surface area (Å²) >= 11 is 3.48. The molecule has 2 N–H and O–H groups in total. The minimum Gasteiger partial charge on any atom is -0.443 e. The monoisotopic (exact) mass is 356 g/mol. The number of amides is 1. The summed E-state index contributed by atoms with van der Waals surface area (Å²) in [5.41, 5.74) is 6.30. The van der Waals surface area contributed by atoms with Crippen molar-refractivity contribution in [2.24, 2.45) is 5.41 Å². The molecule has 5 heteroatoms. The Hall–Kier alpha value is -1.07. The molecule has 0 saturated heterocycles. The minimum absolute atomic E-state index is 0.00973. The van der Waals surface area contributed by atoms with E-state index in [1.165, 1.54) is 5.56 Å². The van der Waals surface area contributed by atoms with E-state index >= 15 is 0 Å². The lowest BCUT2D eigenvalue weighted by Crippen LogP contribution is -2.45. The summed E-state index contributed by atoms with van der Waals surface area (Å²) in [5, 5.41) is 0. The molecule has 0 aromatic heterocycles. The third-order valence-corrected chi connectivity index (χ3v) is 3.22. The highest BCUT2D eigenvalue weighted by molar-refractivity contribution is 9.10. The SMILES string of the molecule is CC(C)(CNNC(=O)OC(C)(C)C)Cc1cccc(Br)c1. The summed E-state index contributed by atoms with van der Waals surface area (Å²) in [7, 11) is 0. The average molecular weight is 357 g/mol. The fourth-order valence-corrected chi connectivity index (χ4v) is 2.37. The van der Waals surface area contributed by atoms with Crippen LogP contribution < -0.4 is 10.9 Å². The van der Waals surface area contributed by atoms with Crippen LogP contribution in [0, 0.1) is 5.41 Å². The first-order valence-corrected chi connectivity index (χ1v) is 7.83. The highest BCUT2D eigenvalue weighted by atomic mass is 79.9. The van der Waals surface area contributed by atoms with E-state index < -0.39 is 11.7 Å². The molecule has 4 nitrogen and oxygen atoms in total. The van der Waals surface area contributed by atoms with Crippen LogP contribution in [0.5, 0.6) is 0 Å². The van der Waals surface area contributed by atoms with E-state index in [-0.39, 0.29) is 5.41 Å². The van der Waals surface area contributed by atoms with Crippen molar-refractivity contribution in [2.75, 3.05) is 6.54 Å². The molecule has 1 rings (SSSR count). The molecule has 21 heavy (non-hydrogen) atoms. The van der Waals surface area contributed by atoms with Crippen molar-refractivity contribution in [2.45, 2.75) is 46.6 Å². The Balaban J connectivity index is 2.41. The molecule has 1 aromatic rings. The van der Waals surface area contributed by atoms with Crippen molar-refractivity contribution in [3.63, 3.8) is 0 Å². The maximum Gasteiger partial charge on any atom is 0.422 e. The molecule has 0 fully saturated rings. The number of nitrogens with one attached hydrogen (secondary N) is 2. The Kier molecular flexibility index (Phi) is 6.23. The summed E-state index contributed by atoms with van der Waals surface area (Å²) in [6.07, 6.45) is 0.455. The second kappa shape index (κ2) is 7.27. The highest BCUT2D eigenvalue weighted by Crippen LogP contribution is 2.22. The highest BCUT2D eigenvalue weighted by Gasteiger charge is 2.20. The molecule has 0 bridgehead atoms. The van der Waals surface area contributed by atoms with Gasteiger partial charge in [0.25, 0.3) is 0 Å². The number of halogens is 1. The first-order chi connectivity index (χ1) is 9.57. The molecule has 0 unspecified atom stereocenters. The topological polar surface area (TPSA) is 50.4 Å². The van der Waals surface area contributed by atoms with Gasteiger partial charge in [-0.1, -0.05) is 41.9 Å². The fraction of sp³-hybridized carbons (Fsp3) is 0.562. The van der Waals surface area contributed by atoms with E-state index in [1.54, 1.807) is 0 Å². The Labute approximate surface area is 135 Å². The van der Waals surface area contributed by atoms with E-state index in [0.717, 1.165) is 10.9 Å². The quantitative estimate of drug-likeness (QED) is 0.782. The molecule has 0 aliphatic carbocycles. The molecule has 118 valence electrons. The van der Waals surface area contributed by atoms with E-state index in [1.807, 2.05) is 32.9 Å².